The second-order valence-electron chi connectivity index (χ2n) is 10.1. The number of hydrogen-bond acceptors (Lipinski definition) is 5. The van der Waals surface area contributed by atoms with E-state index in [-0.39, 0.29) is 5.78 Å². The number of benzene rings is 3. The smallest absolute Gasteiger partial charge is 0.298 e. The number of hydrogen-bond donors (Lipinski definition) is 0. The molecule has 0 bridgehead atoms. The molecule has 0 spiro atoms. The molecule has 0 fully saturated rings. The van der Waals surface area contributed by atoms with E-state index >= 15 is 0 Å². The molecule has 1 aliphatic heterocycles. The molecule has 0 saturated heterocycles. The highest BCUT2D eigenvalue weighted by Gasteiger charge is 2.26. The number of rotatable bonds is 5. The first-order valence-corrected chi connectivity index (χ1v) is 11.5. The van der Waals surface area contributed by atoms with Crippen LogP contribution in [0.15, 0.2) is 59.0 Å². The highest BCUT2D eigenvalue weighted by atomic mass is 16.5. The van der Waals surface area contributed by atoms with Crippen LogP contribution in [0.5, 0.6) is 5.75 Å². The van der Waals surface area contributed by atoms with Gasteiger partial charge in [0.25, 0.3) is 6.47 Å². The van der Waals surface area contributed by atoms with Crippen molar-refractivity contribution in [3.63, 3.8) is 0 Å². The Morgan fingerprint density at radius 1 is 0.971 bits per heavy atom. The number of carbonyl (C=O) groups is 2. The van der Waals surface area contributed by atoms with Crippen molar-refractivity contribution in [1.29, 1.82) is 0 Å². The van der Waals surface area contributed by atoms with Crippen LogP contribution < -0.4 is 19.6 Å². The SMILES string of the molecule is CN(C)c1ccc2c(-c3cc(C(=O)C(C)(C)C)ccc3OC=O)c3ccc(=[N+](C)C)cc-3oc2c1. The van der Waals surface area contributed by atoms with Crippen LogP contribution in [0.3, 0.4) is 0 Å². The van der Waals surface area contributed by atoms with Gasteiger partial charge in [0.2, 0.25) is 5.36 Å². The van der Waals surface area contributed by atoms with Crippen LogP contribution in [-0.4, -0.2) is 40.4 Å². The molecule has 0 unspecified atom stereocenters. The minimum atomic E-state index is -0.554. The van der Waals surface area contributed by atoms with E-state index in [1.54, 1.807) is 12.1 Å². The molecule has 0 N–H and O–H groups in total. The topological polar surface area (TPSA) is 62.8 Å². The lowest BCUT2D eigenvalue weighted by Crippen LogP contribution is -2.21. The zero-order chi connectivity index (χ0) is 25.5. The number of Topliss-reactive ketones (excluding diaryl/α,β-unsaturated/α-hetero) is 1. The molecule has 0 saturated carbocycles. The Labute approximate surface area is 205 Å². The van der Waals surface area contributed by atoms with E-state index in [9.17, 15) is 9.59 Å². The zero-order valence-corrected chi connectivity index (χ0v) is 21.3. The lowest BCUT2D eigenvalue weighted by molar-refractivity contribution is -0.120. The quantitative estimate of drug-likeness (QED) is 0.176. The number of ketones is 1. The summed E-state index contributed by atoms with van der Waals surface area (Å²) in [7, 11) is 7.91. The van der Waals surface area contributed by atoms with Crippen molar-refractivity contribution in [2.45, 2.75) is 20.8 Å². The lowest BCUT2D eigenvalue weighted by atomic mass is 9.84. The molecular formula is C29H31N2O4+. The van der Waals surface area contributed by atoms with Gasteiger partial charge in [0.15, 0.2) is 5.78 Å². The van der Waals surface area contributed by atoms with E-state index in [1.807, 2.05) is 101 Å². The Balaban J connectivity index is 2.15. The third-order valence-electron chi connectivity index (χ3n) is 6.09. The Morgan fingerprint density at radius 2 is 1.71 bits per heavy atom. The first-order valence-electron chi connectivity index (χ1n) is 11.5. The van der Waals surface area contributed by atoms with E-state index in [0.29, 0.717) is 34.7 Å². The highest BCUT2D eigenvalue weighted by Crippen LogP contribution is 2.44. The van der Waals surface area contributed by atoms with E-state index < -0.39 is 5.41 Å². The van der Waals surface area contributed by atoms with Crippen LogP contribution in [0.2, 0.25) is 0 Å². The standard InChI is InChI=1S/C29H31N2O4/c1-29(2,3)28(33)18-8-13-24(34-17-32)23(14-18)27-21-11-9-19(30(4)5)15-25(21)35-26-16-20(31(6)7)10-12-22(26)27/h8-17H,1-7H3/q+1. The normalized spacial score (nSPS) is 11.5. The number of anilines is 1. The lowest BCUT2D eigenvalue weighted by Gasteiger charge is -2.21. The van der Waals surface area contributed by atoms with Crippen LogP contribution >= 0.6 is 0 Å². The summed E-state index contributed by atoms with van der Waals surface area (Å²) in [5.41, 5.74) is 4.06. The van der Waals surface area contributed by atoms with Crippen molar-refractivity contribution in [3.05, 3.63) is 65.5 Å². The van der Waals surface area contributed by atoms with Gasteiger partial charge in [0, 0.05) is 65.0 Å². The molecule has 2 aromatic rings. The maximum atomic E-state index is 13.1. The molecule has 2 aromatic carbocycles. The van der Waals surface area contributed by atoms with Crippen molar-refractivity contribution in [2.24, 2.45) is 5.41 Å². The molecule has 6 heteroatoms. The number of ether oxygens (including phenoxy) is 1. The average molecular weight is 472 g/mol. The Hall–Kier alpha value is -3.93. The first kappa shape index (κ1) is 24.2. The third kappa shape index (κ3) is 4.56. The van der Waals surface area contributed by atoms with E-state index in [4.69, 9.17) is 9.15 Å². The summed E-state index contributed by atoms with van der Waals surface area (Å²) >= 11 is 0. The molecule has 4 rings (SSSR count). The summed E-state index contributed by atoms with van der Waals surface area (Å²) in [6.45, 7) is 6.09. The fourth-order valence-electron chi connectivity index (χ4n) is 4.17. The predicted octanol–water partition coefficient (Wildman–Crippen LogP) is 5.07. The van der Waals surface area contributed by atoms with Gasteiger partial charge in [-0.05, 0) is 36.4 Å². The number of carbonyl (C=O) groups excluding carboxylic acids is 2. The molecule has 0 amide bonds. The van der Waals surface area contributed by atoms with Gasteiger partial charge in [0.1, 0.15) is 31.2 Å². The average Bonchev–Trinajstić information content (AvgIpc) is 2.81. The largest absolute Gasteiger partial charge is 0.456 e. The van der Waals surface area contributed by atoms with Gasteiger partial charge < -0.3 is 14.1 Å². The minimum Gasteiger partial charge on any atom is -0.456 e. The van der Waals surface area contributed by atoms with Crippen molar-refractivity contribution in [1.82, 2.24) is 4.58 Å². The number of fused-ring (bicyclic) bond motifs is 2. The summed E-state index contributed by atoms with van der Waals surface area (Å²) in [5.74, 6) is 1.09. The zero-order valence-electron chi connectivity index (χ0n) is 21.3. The van der Waals surface area contributed by atoms with Gasteiger partial charge >= 0.3 is 0 Å². The van der Waals surface area contributed by atoms with Crippen molar-refractivity contribution >= 4 is 28.9 Å². The molecule has 0 aromatic heterocycles. The summed E-state index contributed by atoms with van der Waals surface area (Å²) in [5, 5.41) is 1.85. The van der Waals surface area contributed by atoms with Crippen LogP contribution in [0, 0.1) is 5.41 Å². The van der Waals surface area contributed by atoms with Gasteiger partial charge in [-0.15, -0.1) is 0 Å². The first-order chi connectivity index (χ1) is 16.5. The maximum absolute atomic E-state index is 13.1. The Kier molecular flexibility index (Phi) is 6.24. The third-order valence-corrected chi connectivity index (χ3v) is 6.09. The maximum Gasteiger partial charge on any atom is 0.298 e. The van der Waals surface area contributed by atoms with Crippen LogP contribution in [0.1, 0.15) is 31.1 Å². The number of nitrogens with zero attached hydrogens (tertiary/aromatic N) is 2. The second kappa shape index (κ2) is 9.02. The molecule has 0 radical (unpaired) electrons. The summed E-state index contributed by atoms with van der Waals surface area (Å²) < 4.78 is 13.8. The molecule has 180 valence electrons. The fraction of sp³-hybridized carbons (Fsp3) is 0.276. The molecule has 2 aliphatic rings. The van der Waals surface area contributed by atoms with Gasteiger partial charge in [-0.25, -0.2) is 4.58 Å². The van der Waals surface area contributed by atoms with Gasteiger partial charge in [-0.2, -0.15) is 0 Å². The summed E-state index contributed by atoms with van der Waals surface area (Å²) in [6, 6.07) is 17.3. The molecule has 1 aliphatic carbocycles. The van der Waals surface area contributed by atoms with Crippen molar-refractivity contribution in [2.75, 3.05) is 33.1 Å². The van der Waals surface area contributed by atoms with E-state index in [0.717, 1.165) is 27.6 Å². The molecule has 35 heavy (non-hydrogen) atoms. The van der Waals surface area contributed by atoms with Gasteiger partial charge in [0.05, 0.1) is 6.07 Å². The molecule has 0 atom stereocenters. The monoisotopic (exact) mass is 471 g/mol. The molecule has 1 heterocycles. The Bertz CT molecular complexity index is 1490. The predicted molar refractivity (Wildman–Crippen MR) is 140 cm³/mol. The van der Waals surface area contributed by atoms with Crippen molar-refractivity contribution in [3.8, 4) is 28.2 Å². The van der Waals surface area contributed by atoms with Crippen LogP contribution in [-0.2, 0) is 4.79 Å². The van der Waals surface area contributed by atoms with Crippen molar-refractivity contribution < 1.29 is 18.7 Å². The minimum absolute atomic E-state index is 0.00965. The summed E-state index contributed by atoms with van der Waals surface area (Å²) in [4.78, 5) is 26.5. The highest BCUT2D eigenvalue weighted by molar-refractivity contribution is 6.06. The van der Waals surface area contributed by atoms with Crippen LogP contribution in [0.25, 0.3) is 33.4 Å². The molecule has 6 nitrogen and oxygen atoms in total. The Morgan fingerprint density at radius 3 is 2.34 bits per heavy atom. The van der Waals surface area contributed by atoms with Gasteiger partial charge in [-0.1, -0.05) is 20.8 Å². The van der Waals surface area contributed by atoms with Gasteiger partial charge in [-0.3, -0.25) is 9.59 Å². The second-order valence-corrected chi connectivity index (χ2v) is 10.1. The van der Waals surface area contributed by atoms with Crippen LogP contribution in [0.4, 0.5) is 5.69 Å². The van der Waals surface area contributed by atoms with E-state index in [2.05, 4.69) is 0 Å². The summed E-state index contributed by atoms with van der Waals surface area (Å²) in [6.07, 6.45) is 0. The van der Waals surface area contributed by atoms with E-state index in [1.165, 1.54) is 0 Å². The molecular weight excluding hydrogens is 440 g/mol. The fourth-order valence-corrected chi connectivity index (χ4v) is 4.17.